The standard InChI is InChI=1S/C15H13BrO3/c1-2-14(17)18-9-10-19-15-12-6-4-3-5-11(12)7-8-13(15)16/h2-8H,1,9-10H2. The Morgan fingerprint density at radius 2 is 2.00 bits per heavy atom. The topological polar surface area (TPSA) is 35.5 Å². The number of carbonyl (C=O) groups is 1. The minimum atomic E-state index is -0.444. The van der Waals surface area contributed by atoms with Crippen LogP contribution in [0, 0.1) is 0 Å². The maximum absolute atomic E-state index is 10.9. The Morgan fingerprint density at radius 1 is 1.21 bits per heavy atom. The molecule has 0 unspecified atom stereocenters. The minimum absolute atomic E-state index is 0.195. The zero-order valence-electron chi connectivity index (χ0n) is 10.3. The molecule has 0 aromatic heterocycles. The highest BCUT2D eigenvalue weighted by atomic mass is 79.9. The average molecular weight is 321 g/mol. The van der Waals surface area contributed by atoms with Crippen LogP contribution in [0.25, 0.3) is 10.8 Å². The van der Waals surface area contributed by atoms with Gasteiger partial charge in [-0.3, -0.25) is 0 Å². The van der Waals surface area contributed by atoms with Crippen LogP contribution < -0.4 is 4.74 Å². The molecule has 2 aromatic rings. The van der Waals surface area contributed by atoms with E-state index in [4.69, 9.17) is 9.47 Å². The molecule has 0 radical (unpaired) electrons. The van der Waals surface area contributed by atoms with Gasteiger partial charge in [0.25, 0.3) is 0 Å². The fourth-order valence-electron chi connectivity index (χ4n) is 1.71. The number of carbonyl (C=O) groups excluding carboxylic acids is 1. The summed E-state index contributed by atoms with van der Waals surface area (Å²) in [6.45, 7) is 3.82. The summed E-state index contributed by atoms with van der Waals surface area (Å²) in [4.78, 5) is 10.9. The van der Waals surface area contributed by atoms with E-state index in [1.165, 1.54) is 0 Å². The van der Waals surface area contributed by atoms with Crippen LogP contribution in [-0.4, -0.2) is 19.2 Å². The van der Waals surface area contributed by atoms with Gasteiger partial charge in [0.15, 0.2) is 0 Å². The van der Waals surface area contributed by atoms with Gasteiger partial charge in [-0.15, -0.1) is 0 Å². The lowest BCUT2D eigenvalue weighted by atomic mass is 10.1. The fourth-order valence-corrected chi connectivity index (χ4v) is 2.17. The predicted molar refractivity (Wildman–Crippen MR) is 78.3 cm³/mol. The van der Waals surface area contributed by atoms with Crippen molar-refractivity contribution >= 4 is 32.7 Å². The molecule has 0 aliphatic carbocycles. The lowest BCUT2D eigenvalue weighted by Gasteiger charge is -2.11. The van der Waals surface area contributed by atoms with Crippen LogP contribution in [0.1, 0.15) is 0 Å². The van der Waals surface area contributed by atoms with Crippen molar-refractivity contribution in [2.24, 2.45) is 0 Å². The Balaban J connectivity index is 2.09. The number of ether oxygens (including phenoxy) is 2. The van der Waals surface area contributed by atoms with Crippen LogP contribution in [0.2, 0.25) is 0 Å². The number of rotatable bonds is 5. The Morgan fingerprint density at radius 3 is 2.79 bits per heavy atom. The van der Waals surface area contributed by atoms with Crippen LogP contribution in [0.5, 0.6) is 5.75 Å². The van der Waals surface area contributed by atoms with Crippen molar-refractivity contribution in [3.63, 3.8) is 0 Å². The molecule has 0 amide bonds. The minimum Gasteiger partial charge on any atom is -0.488 e. The number of benzene rings is 2. The lowest BCUT2D eigenvalue weighted by Crippen LogP contribution is -2.10. The summed E-state index contributed by atoms with van der Waals surface area (Å²) in [6, 6.07) is 11.9. The summed E-state index contributed by atoms with van der Waals surface area (Å²) in [5.74, 6) is 0.313. The van der Waals surface area contributed by atoms with Crippen molar-refractivity contribution in [2.45, 2.75) is 0 Å². The van der Waals surface area contributed by atoms with Gasteiger partial charge in [-0.05, 0) is 27.4 Å². The van der Waals surface area contributed by atoms with Gasteiger partial charge in [0.1, 0.15) is 19.0 Å². The van der Waals surface area contributed by atoms with Crippen molar-refractivity contribution in [3.8, 4) is 5.75 Å². The van der Waals surface area contributed by atoms with Gasteiger partial charge in [0, 0.05) is 11.5 Å². The zero-order valence-corrected chi connectivity index (χ0v) is 11.9. The lowest BCUT2D eigenvalue weighted by molar-refractivity contribution is -0.138. The summed E-state index contributed by atoms with van der Waals surface area (Å²) in [5.41, 5.74) is 0. The highest BCUT2D eigenvalue weighted by molar-refractivity contribution is 9.10. The molecular weight excluding hydrogens is 308 g/mol. The van der Waals surface area contributed by atoms with Crippen LogP contribution >= 0.6 is 15.9 Å². The maximum Gasteiger partial charge on any atom is 0.330 e. The van der Waals surface area contributed by atoms with Crippen LogP contribution in [0.3, 0.4) is 0 Å². The van der Waals surface area contributed by atoms with Crippen LogP contribution in [-0.2, 0) is 9.53 Å². The van der Waals surface area contributed by atoms with E-state index >= 15 is 0 Å². The molecule has 0 saturated carbocycles. The van der Waals surface area contributed by atoms with E-state index in [-0.39, 0.29) is 6.61 Å². The van der Waals surface area contributed by atoms with E-state index in [0.29, 0.717) is 6.61 Å². The molecule has 0 fully saturated rings. The summed E-state index contributed by atoms with van der Waals surface area (Å²) < 4.78 is 11.4. The van der Waals surface area contributed by atoms with E-state index in [1.807, 2.05) is 36.4 Å². The second-order valence-electron chi connectivity index (χ2n) is 3.82. The number of hydrogen-bond donors (Lipinski definition) is 0. The fraction of sp³-hybridized carbons (Fsp3) is 0.133. The molecule has 2 rings (SSSR count). The highest BCUT2D eigenvalue weighted by Crippen LogP contribution is 2.33. The molecule has 19 heavy (non-hydrogen) atoms. The van der Waals surface area contributed by atoms with Crippen molar-refractivity contribution in [1.29, 1.82) is 0 Å². The molecule has 4 heteroatoms. The first-order valence-corrected chi connectivity index (χ1v) is 6.61. The number of fused-ring (bicyclic) bond motifs is 1. The first-order chi connectivity index (χ1) is 9.22. The Labute approximate surface area is 120 Å². The molecule has 0 N–H and O–H groups in total. The number of halogens is 1. The monoisotopic (exact) mass is 320 g/mol. The quantitative estimate of drug-likeness (QED) is 0.478. The molecule has 0 aliphatic rings. The largest absolute Gasteiger partial charge is 0.488 e. The average Bonchev–Trinajstić information content (AvgIpc) is 2.45. The normalized spacial score (nSPS) is 10.2. The van der Waals surface area contributed by atoms with Gasteiger partial charge < -0.3 is 9.47 Å². The van der Waals surface area contributed by atoms with E-state index in [0.717, 1.165) is 27.1 Å². The van der Waals surface area contributed by atoms with E-state index < -0.39 is 5.97 Å². The molecule has 0 atom stereocenters. The summed E-state index contributed by atoms with van der Waals surface area (Å²) in [6.07, 6.45) is 1.13. The molecular formula is C15H13BrO3. The van der Waals surface area contributed by atoms with Gasteiger partial charge in [-0.1, -0.05) is 36.9 Å². The molecule has 0 heterocycles. The summed E-state index contributed by atoms with van der Waals surface area (Å²) in [5, 5.41) is 2.12. The van der Waals surface area contributed by atoms with Gasteiger partial charge in [-0.25, -0.2) is 4.79 Å². The van der Waals surface area contributed by atoms with Crippen LogP contribution in [0.15, 0.2) is 53.5 Å². The van der Waals surface area contributed by atoms with E-state index in [9.17, 15) is 4.79 Å². The van der Waals surface area contributed by atoms with Gasteiger partial charge >= 0.3 is 5.97 Å². The van der Waals surface area contributed by atoms with Gasteiger partial charge in [0.2, 0.25) is 0 Å². The smallest absolute Gasteiger partial charge is 0.330 e. The maximum atomic E-state index is 10.9. The van der Waals surface area contributed by atoms with Crippen molar-refractivity contribution in [2.75, 3.05) is 13.2 Å². The predicted octanol–water partition coefficient (Wildman–Crippen LogP) is 3.71. The second kappa shape index (κ2) is 6.38. The molecule has 3 nitrogen and oxygen atoms in total. The Hall–Kier alpha value is -1.81. The highest BCUT2D eigenvalue weighted by Gasteiger charge is 2.07. The summed E-state index contributed by atoms with van der Waals surface area (Å²) >= 11 is 3.46. The molecule has 2 aromatic carbocycles. The molecule has 98 valence electrons. The molecule has 0 spiro atoms. The first kappa shape index (κ1) is 13.6. The van der Waals surface area contributed by atoms with Gasteiger partial charge in [0.05, 0.1) is 4.47 Å². The Kier molecular flexibility index (Phi) is 4.58. The third-order valence-corrected chi connectivity index (χ3v) is 3.20. The zero-order chi connectivity index (χ0) is 13.7. The van der Waals surface area contributed by atoms with Crippen molar-refractivity contribution in [1.82, 2.24) is 0 Å². The van der Waals surface area contributed by atoms with E-state index in [1.54, 1.807) is 0 Å². The second-order valence-corrected chi connectivity index (χ2v) is 4.67. The number of hydrogen-bond acceptors (Lipinski definition) is 3. The van der Waals surface area contributed by atoms with E-state index in [2.05, 4.69) is 22.5 Å². The molecule has 0 saturated heterocycles. The molecule has 0 bridgehead atoms. The van der Waals surface area contributed by atoms with Gasteiger partial charge in [-0.2, -0.15) is 0 Å². The van der Waals surface area contributed by atoms with Crippen molar-refractivity contribution in [3.05, 3.63) is 53.5 Å². The third-order valence-electron chi connectivity index (χ3n) is 2.57. The Bertz CT molecular complexity index is 607. The first-order valence-electron chi connectivity index (χ1n) is 5.81. The SMILES string of the molecule is C=CC(=O)OCCOc1c(Br)ccc2ccccc12. The third kappa shape index (κ3) is 3.35. The summed E-state index contributed by atoms with van der Waals surface area (Å²) in [7, 11) is 0. The van der Waals surface area contributed by atoms with Crippen LogP contribution in [0.4, 0.5) is 0 Å². The van der Waals surface area contributed by atoms with Crippen molar-refractivity contribution < 1.29 is 14.3 Å². The number of esters is 1. The molecule has 0 aliphatic heterocycles.